The maximum Gasteiger partial charge on any atom is 0.111 e. The van der Waals surface area contributed by atoms with Gasteiger partial charge in [0.1, 0.15) is 5.76 Å². The van der Waals surface area contributed by atoms with Crippen molar-refractivity contribution in [3.8, 4) is 0 Å². The second-order valence-electron chi connectivity index (χ2n) is 5.88. The van der Waals surface area contributed by atoms with E-state index in [1.807, 2.05) is 6.07 Å². The molecular weight excluding hydrogens is 246 g/mol. The predicted molar refractivity (Wildman–Crippen MR) is 78.8 cm³/mol. The summed E-state index contributed by atoms with van der Waals surface area (Å²) in [5, 5.41) is 1.35. The Balaban J connectivity index is 1.85. The van der Waals surface area contributed by atoms with E-state index in [-0.39, 0.29) is 0 Å². The van der Waals surface area contributed by atoms with Gasteiger partial charge in [-0.1, -0.05) is 30.4 Å². The zero-order chi connectivity index (χ0) is 13.1. The Labute approximate surface area is 117 Å². The third kappa shape index (κ3) is 1.24. The fraction of sp³-hybridized carbons (Fsp3) is 0.222. The number of H-pyrrole nitrogens is 1. The Morgan fingerprint density at radius 1 is 1.05 bits per heavy atom. The predicted octanol–water partition coefficient (Wildman–Crippen LogP) is 4.57. The summed E-state index contributed by atoms with van der Waals surface area (Å²) in [6.45, 7) is 0. The van der Waals surface area contributed by atoms with Crippen LogP contribution in [0.5, 0.6) is 0 Å². The highest BCUT2D eigenvalue weighted by atomic mass is 16.3. The summed E-state index contributed by atoms with van der Waals surface area (Å²) in [6.07, 6.45) is 7.72. The number of hydrogen-bond donors (Lipinski definition) is 1. The molecule has 0 aliphatic heterocycles. The number of para-hydroxylation sites is 1. The fourth-order valence-corrected chi connectivity index (χ4v) is 4.04. The van der Waals surface area contributed by atoms with E-state index in [9.17, 15) is 0 Å². The normalized spacial score (nSPS) is 27.1. The standard InChI is InChI=1S/C18H15NO/c1-2-5-14-13(4-1)17-16(15-6-3-9-20-15)11-7-8-12(10-11)18(17)19-14/h1-9,11-12,16,19H,10H2/t11-,12+,16-/m1/s1. The van der Waals surface area contributed by atoms with Crippen molar-refractivity contribution < 1.29 is 4.42 Å². The van der Waals surface area contributed by atoms with Gasteiger partial charge in [0.2, 0.25) is 0 Å². The number of nitrogens with one attached hydrogen (secondary N) is 1. The fourth-order valence-electron chi connectivity index (χ4n) is 4.04. The van der Waals surface area contributed by atoms with Gasteiger partial charge in [-0.25, -0.2) is 0 Å². The number of benzene rings is 1. The van der Waals surface area contributed by atoms with E-state index in [2.05, 4.69) is 47.5 Å². The quantitative estimate of drug-likeness (QED) is 0.639. The van der Waals surface area contributed by atoms with Crippen LogP contribution in [0.3, 0.4) is 0 Å². The Kier molecular flexibility index (Phi) is 1.93. The van der Waals surface area contributed by atoms with Gasteiger partial charge in [-0.2, -0.15) is 0 Å². The smallest absolute Gasteiger partial charge is 0.111 e. The highest BCUT2D eigenvalue weighted by molar-refractivity contribution is 5.86. The number of furan rings is 1. The minimum Gasteiger partial charge on any atom is -0.469 e. The van der Waals surface area contributed by atoms with Crippen LogP contribution in [0.1, 0.15) is 35.3 Å². The summed E-state index contributed by atoms with van der Waals surface area (Å²) in [5.74, 6) is 2.56. The van der Waals surface area contributed by atoms with Gasteiger partial charge in [0.15, 0.2) is 0 Å². The maximum atomic E-state index is 5.75. The van der Waals surface area contributed by atoms with Gasteiger partial charge in [0.05, 0.1) is 12.2 Å². The number of hydrogen-bond acceptors (Lipinski definition) is 1. The molecule has 3 atom stereocenters. The molecule has 0 fully saturated rings. The third-order valence-electron chi connectivity index (χ3n) is 4.85. The van der Waals surface area contributed by atoms with Crippen molar-refractivity contribution >= 4 is 10.9 Å². The highest BCUT2D eigenvalue weighted by Gasteiger charge is 2.40. The summed E-state index contributed by atoms with van der Waals surface area (Å²) in [4.78, 5) is 3.64. The molecule has 2 bridgehead atoms. The van der Waals surface area contributed by atoms with Crippen LogP contribution in [-0.2, 0) is 0 Å². The molecule has 1 aromatic carbocycles. The molecule has 1 N–H and O–H groups in total. The summed E-state index contributed by atoms with van der Waals surface area (Å²) in [5.41, 5.74) is 4.08. The van der Waals surface area contributed by atoms with E-state index < -0.39 is 0 Å². The maximum absolute atomic E-state index is 5.75. The average Bonchev–Trinajstić information content (AvgIpc) is 3.20. The second kappa shape index (κ2) is 3.66. The first-order chi connectivity index (χ1) is 9.92. The average molecular weight is 261 g/mol. The number of fused-ring (bicyclic) bond motifs is 6. The molecule has 0 unspecified atom stereocenters. The van der Waals surface area contributed by atoms with Gasteiger partial charge in [0, 0.05) is 22.5 Å². The molecule has 5 rings (SSSR count). The lowest BCUT2D eigenvalue weighted by molar-refractivity contribution is 0.409. The Morgan fingerprint density at radius 3 is 2.90 bits per heavy atom. The second-order valence-corrected chi connectivity index (χ2v) is 5.88. The van der Waals surface area contributed by atoms with Crippen molar-refractivity contribution in [2.75, 3.05) is 0 Å². The highest BCUT2D eigenvalue weighted by Crippen LogP contribution is 2.52. The van der Waals surface area contributed by atoms with Crippen molar-refractivity contribution in [3.05, 3.63) is 71.8 Å². The first-order valence-electron chi connectivity index (χ1n) is 7.24. The zero-order valence-corrected chi connectivity index (χ0v) is 11.0. The first kappa shape index (κ1) is 10.6. The van der Waals surface area contributed by atoms with E-state index in [0.717, 1.165) is 5.76 Å². The van der Waals surface area contributed by atoms with Crippen molar-refractivity contribution in [2.45, 2.75) is 18.3 Å². The van der Waals surface area contributed by atoms with Crippen LogP contribution in [0, 0.1) is 5.92 Å². The molecule has 2 aliphatic carbocycles. The van der Waals surface area contributed by atoms with E-state index in [1.54, 1.807) is 6.26 Å². The first-order valence-corrected chi connectivity index (χ1v) is 7.24. The number of allylic oxidation sites excluding steroid dienone is 2. The monoisotopic (exact) mass is 261 g/mol. The Morgan fingerprint density at radius 2 is 2.00 bits per heavy atom. The zero-order valence-electron chi connectivity index (χ0n) is 11.0. The summed E-state index contributed by atoms with van der Waals surface area (Å²) in [6, 6.07) is 12.7. The lowest BCUT2D eigenvalue weighted by Gasteiger charge is -2.28. The number of rotatable bonds is 1. The van der Waals surface area contributed by atoms with Crippen molar-refractivity contribution in [1.29, 1.82) is 0 Å². The lowest BCUT2D eigenvalue weighted by Crippen LogP contribution is -2.18. The van der Waals surface area contributed by atoms with Crippen LogP contribution in [0.4, 0.5) is 0 Å². The van der Waals surface area contributed by atoms with Gasteiger partial charge in [0.25, 0.3) is 0 Å². The van der Waals surface area contributed by atoms with Crippen LogP contribution < -0.4 is 0 Å². The minimum absolute atomic E-state index is 0.353. The Bertz CT molecular complexity index is 809. The van der Waals surface area contributed by atoms with Crippen molar-refractivity contribution in [2.24, 2.45) is 5.92 Å². The van der Waals surface area contributed by atoms with Gasteiger partial charge in [-0.15, -0.1) is 0 Å². The number of aromatic amines is 1. The largest absolute Gasteiger partial charge is 0.469 e. The molecule has 2 heterocycles. The van der Waals surface area contributed by atoms with Gasteiger partial charge in [-0.05, 0) is 36.1 Å². The molecule has 3 aromatic rings. The van der Waals surface area contributed by atoms with Crippen LogP contribution in [0.2, 0.25) is 0 Å². The number of aromatic nitrogens is 1. The molecule has 20 heavy (non-hydrogen) atoms. The van der Waals surface area contributed by atoms with E-state index in [4.69, 9.17) is 4.42 Å². The molecular formula is C18H15NO. The molecule has 0 spiro atoms. The molecule has 0 saturated carbocycles. The Hall–Kier alpha value is -2.22. The summed E-state index contributed by atoms with van der Waals surface area (Å²) < 4.78 is 5.75. The van der Waals surface area contributed by atoms with Crippen molar-refractivity contribution in [3.63, 3.8) is 0 Å². The van der Waals surface area contributed by atoms with Crippen molar-refractivity contribution in [1.82, 2.24) is 4.98 Å². The molecule has 2 aliphatic rings. The molecule has 2 nitrogen and oxygen atoms in total. The van der Waals surface area contributed by atoms with E-state index >= 15 is 0 Å². The van der Waals surface area contributed by atoms with Gasteiger partial charge >= 0.3 is 0 Å². The summed E-state index contributed by atoms with van der Waals surface area (Å²) >= 11 is 0. The minimum atomic E-state index is 0.353. The molecule has 0 saturated heterocycles. The molecule has 0 amide bonds. The van der Waals surface area contributed by atoms with Crippen LogP contribution >= 0.6 is 0 Å². The van der Waals surface area contributed by atoms with Crippen LogP contribution in [0.15, 0.2) is 59.2 Å². The third-order valence-corrected chi connectivity index (χ3v) is 4.85. The van der Waals surface area contributed by atoms with Crippen LogP contribution in [0.25, 0.3) is 10.9 Å². The van der Waals surface area contributed by atoms with Crippen LogP contribution in [-0.4, -0.2) is 4.98 Å². The lowest BCUT2D eigenvalue weighted by atomic mass is 9.75. The van der Waals surface area contributed by atoms with Gasteiger partial charge < -0.3 is 9.40 Å². The van der Waals surface area contributed by atoms with Gasteiger partial charge in [-0.3, -0.25) is 0 Å². The van der Waals surface area contributed by atoms with E-state index in [0.29, 0.717) is 17.8 Å². The SMILES string of the molecule is C1=C[C@H]2C[C@@H]1[C@H](c1ccco1)c1c2[nH]c2ccccc12. The summed E-state index contributed by atoms with van der Waals surface area (Å²) in [7, 11) is 0. The molecule has 2 heteroatoms. The van der Waals surface area contributed by atoms with E-state index in [1.165, 1.54) is 28.6 Å². The molecule has 0 radical (unpaired) electrons. The molecule has 2 aromatic heterocycles. The molecule has 98 valence electrons. The topological polar surface area (TPSA) is 28.9 Å².